The Kier molecular flexibility index (Phi) is 8.27. The average molecular weight is 411 g/mol. The second-order valence-corrected chi connectivity index (χ2v) is 9.78. The van der Waals surface area contributed by atoms with Crippen molar-refractivity contribution in [3.05, 3.63) is 35.9 Å². The van der Waals surface area contributed by atoms with Crippen LogP contribution in [0.3, 0.4) is 0 Å². The first-order valence-electron chi connectivity index (χ1n) is 9.82. The molecule has 2 N–H and O–H groups in total. The molecule has 1 atom stereocenters. The number of rotatable bonds is 9. The monoisotopic (exact) mass is 410 g/mol. The second kappa shape index (κ2) is 10.2. The largest absolute Gasteiger partial charge is 0.376 e. The zero-order valence-corrected chi connectivity index (χ0v) is 18.3. The quantitative estimate of drug-likeness (QED) is 0.479. The summed E-state index contributed by atoms with van der Waals surface area (Å²) >= 11 is 0. The summed E-state index contributed by atoms with van der Waals surface area (Å²) < 4.78 is 31.6. The fraction of sp³-hybridized carbons (Fsp3) is 0.650. The number of sulfonamides is 1. The maximum Gasteiger partial charge on any atom is 0.209 e. The third kappa shape index (κ3) is 8.16. The van der Waals surface area contributed by atoms with E-state index in [0.717, 1.165) is 38.6 Å². The summed E-state index contributed by atoms with van der Waals surface area (Å²) in [6.07, 6.45) is 2.23. The molecule has 1 aromatic rings. The highest BCUT2D eigenvalue weighted by molar-refractivity contribution is 7.88. The van der Waals surface area contributed by atoms with Gasteiger partial charge in [0, 0.05) is 31.1 Å². The van der Waals surface area contributed by atoms with E-state index in [2.05, 4.69) is 32.1 Å². The molecule has 0 radical (unpaired) electrons. The van der Waals surface area contributed by atoms with Crippen LogP contribution in [0.1, 0.15) is 32.8 Å². The Bertz CT molecular complexity index is 735. The van der Waals surface area contributed by atoms with Crippen molar-refractivity contribution < 1.29 is 13.2 Å². The van der Waals surface area contributed by atoms with Crippen molar-refractivity contribution >= 4 is 16.0 Å². The Labute approximate surface area is 169 Å². The van der Waals surface area contributed by atoms with Crippen molar-refractivity contribution in [1.82, 2.24) is 14.9 Å². The summed E-state index contributed by atoms with van der Waals surface area (Å²) in [6, 6.07) is 10.2. The molecule has 0 saturated carbocycles. The summed E-state index contributed by atoms with van der Waals surface area (Å²) in [4.78, 5) is 6.91. The molecule has 28 heavy (non-hydrogen) atoms. The van der Waals surface area contributed by atoms with Gasteiger partial charge in [0.05, 0.1) is 26.0 Å². The third-order valence-electron chi connectivity index (χ3n) is 4.47. The maximum atomic E-state index is 11.5. The molecule has 0 amide bonds. The second-order valence-electron chi connectivity index (χ2n) is 8.03. The number of likely N-dealkylation sites (tertiary alicyclic amines) is 1. The summed E-state index contributed by atoms with van der Waals surface area (Å²) in [6.45, 7) is 10.0. The Morgan fingerprint density at radius 3 is 2.68 bits per heavy atom. The molecule has 0 aromatic heterocycles. The zero-order chi connectivity index (χ0) is 20.6. The molecule has 1 aromatic carbocycles. The normalized spacial score (nSPS) is 18.5. The van der Waals surface area contributed by atoms with E-state index in [-0.39, 0.29) is 0 Å². The summed E-state index contributed by atoms with van der Waals surface area (Å²) in [5.74, 6) is 1.30. The van der Waals surface area contributed by atoms with E-state index in [1.54, 1.807) is 0 Å². The van der Waals surface area contributed by atoms with Crippen molar-refractivity contribution in [2.24, 2.45) is 10.9 Å². The molecule has 1 saturated heterocycles. The Hall–Kier alpha value is -1.64. The van der Waals surface area contributed by atoms with E-state index in [4.69, 9.17) is 4.74 Å². The van der Waals surface area contributed by atoms with Crippen molar-refractivity contribution in [2.75, 3.05) is 39.0 Å². The minimum absolute atomic E-state index is 0.369. The lowest BCUT2D eigenvalue weighted by molar-refractivity contribution is 0.0906. The number of hydrogen-bond acceptors (Lipinski definition) is 4. The van der Waals surface area contributed by atoms with Crippen molar-refractivity contribution in [3.63, 3.8) is 0 Å². The standard InChI is InChI=1S/C20H34N4O3S/c1-5-21-19(22-16-20(2,3)23-28(4,25)26)24-12-11-18(13-24)15-27-14-17-9-7-6-8-10-17/h6-10,18,23H,5,11-16H2,1-4H3,(H,21,22). The van der Waals surface area contributed by atoms with Gasteiger partial charge in [0.1, 0.15) is 0 Å². The van der Waals surface area contributed by atoms with Gasteiger partial charge in [0.2, 0.25) is 10.0 Å². The van der Waals surface area contributed by atoms with E-state index in [9.17, 15) is 8.42 Å². The molecule has 2 rings (SSSR count). The van der Waals surface area contributed by atoms with Gasteiger partial charge in [-0.25, -0.2) is 13.1 Å². The van der Waals surface area contributed by atoms with Crippen LogP contribution in [0.15, 0.2) is 35.3 Å². The molecule has 7 nitrogen and oxygen atoms in total. The predicted octanol–water partition coefficient (Wildman–Crippen LogP) is 1.82. The van der Waals surface area contributed by atoms with Gasteiger partial charge in [-0.3, -0.25) is 4.99 Å². The van der Waals surface area contributed by atoms with E-state index < -0.39 is 15.6 Å². The molecule has 158 valence electrons. The van der Waals surface area contributed by atoms with Crippen LogP contribution in [0.2, 0.25) is 0 Å². The van der Waals surface area contributed by atoms with Gasteiger partial charge in [0.25, 0.3) is 0 Å². The number of benzene rings is 1. The molecule has 1 heterocycles. The Balaban J connectivity index is 1.86. The molecule has 1 unspecified atom stereocenters. The number of guanidine groups is 1. The average Bonchev–Trinajstić information content (AvgIpc) is 3.06. The van der Waals surface area contributed by atoms with Crippen LogP contribution in [-0.2, 0) is 21.4 Å². The lowest BCUT2D eigenvalue weighted by Gasteiger charge is -2.26. The van der Waals surface area contributed by atoms with Crippen molar-refractivity contribution in [1.29, 1.82) is 0 Å². The SMILES string of the molecule is CCNC(=NCC(C)(C)NS(C)(=O)=O)N1CCC(COCc2ccccc2)C1. The zero-order valence-electron chi connectivity index (χ0n) is 17.4. The van der Waals surface area contributed by atoms with Gasteiger partial charge in [0.15, 0.2) is 5.96 Å². The van der Waals surface area contributed by atoms with Crippen molar-refractivity contribution in [2.45, 2.75) is 39.3 Å². The molecular weight excluding hydrogens is 376 g/mol. The van der Waals surface area contributed by atoms with E-state index in [0.29, 0.717) is 19.1 Å². The Morgan fingerprint density at radius 1 is 1.32 bits per heavy atom. The molecular formula is C20H34N4O3S. The topological polar surface area (TPSA) is 83.0 Å². The third-order valence-corrected chi connectivity index (χ3v) is 5.39. The molecule has 1 aliphatic rings. The fourth-order valence-corrected chi connectivity index (χ4v) is 4.38. The van der Waals surface area contributed by atoms with Crippen LogP contribution in [0.5, 0.6) is 0 Å². The van der Waals surface area contributed by atoms with E-state index >= 15 is 0 Å². The van der Waals surface area contributed by atoms with E-state index in [1.165, 1.54) is 11.8 Å². The predicted molar refractivity (Wildman–Crippen MR) is 114 cm³/mol. The minimum atomic E-state index is -3.27. The molecule has 0 bridgehead atoms. The van der Waals surface area contributed by atoms with Crippen LogP contribution < -0.4 is 10.0 Å². The minimum Gasteiger partial charge on any atom is -0.376 e. The van der Waals surface area contributed by atoms with Gasteiger partial charge < -0.3 is 15.0 Å². The number of ether oxygens (including phenoxy) is 1. The first kappa shape index (κ1) is 22.6. The molecule has 0 spiro atoms. The number of hydrogen-bond donors (Lipinski definition) is 2. The van der Waals surface area contributed by atoms with Crippen LogP contribution in [0.25, 0.3) is 0 Å². The van der Waals surface area contributed by atoms with Gasteiger partial charge in [-0.1, -0.05) is 30.3 Å². The smallest absolute Gasteiger partial charge is 0.209 e. The number of aliphatic imine (C=N–C) groups is 1. The first-order chi connectivity index (χ1) is 13.2. The molecule has 0 aliphatic carbocycles. The molecule has 1 aliphatic heterocycles. The first-order valence-corrected chi connectivity index (χ1v) is 11.7. The van der Waals surface area contributed by atoms with E-state index in [1.807, 2.05) is 39.0 Å². The lowest BCUT2D eigenvalue weighted by atomic mass is 10.1. The number of nitrogens with one attached hydrogen (secondary N) is 2. The van der Waals surface area contributed by atoms with Crippen molar-refractivity contribution in [3.8, 4) is 0 Å². The van der Waals surface area contributed by atoms with Gasteiger partial charge in [-0.2, -0.15) is 0 Å². The highest BCUT2D eigenvalue weighted by Crippen LogP contribution is 2.18. The van der Waals surface area contributed by atoms with Crippen LogP contribution in [0.4, 0.5) is 0 Å². The van der Waals surface area contributed by atoms with Crippen LogP contribution in [0, 0.1) is 5.92 Å². The summed E-state index contributed by atoms with van der Waals surface area (Å²) in [5.41, 5.74) is 0.555. The van der Waals surface area contributed by atoms with Crippen LogP contribution in [-0.4, -0.2) is 63.9 Å². The van der Waals surface area contributed by atoms with Crippen LogP contribution >= 0.6 is 0 Å². The van der Waals surface area contributed by atoms with Gasteiger partial charge in [-0.15, -0.1) is 0 Å². The maximum absolute atomic E-state index is 11.5. The molecule has 8 heteroatoms. The molecule has 1 fully saturated rings. The summed E-state index contributed by atoms with van der Waals surface area (Å²) in [7, 11) is -3.27. The van der Waals surface area contributed by atoms with Gasteiger partial charge in [-0.05, 0) is 32.8 Å². The Morgan fingerprint density at radius 2 is 2.04 bits per heavy atom. The highest BCUT2D eigenvalue weighted by Gasteiger charge is 2.27. The van der Waals surface area contributed by atoms with Gasteiger partial charge >= 0.3 is 0 Å². The summed E-state index contributed by atoms with van der Waals surface area (Å²) in [5, 5.41) is 3.32. The fourth-order valence-electron chi connectivity index (χ4n) is 3.31. The highest BCUT2D eigenvalue weighted by atomic mass is 32.2. The number of nitrogens with zero attached hydrogens (tertiary/aromatic N) is 2. The lowest BCUT2D eigenvalue weighted by Crippen LogP contribution is -2.47.